The Morgan fingerprint density at radius 2 is 1.71 bits per heavy atom. The van der Waals surface area contributed by atoms with Crippen LogP contribution in [0.1, 0.15) is 39.0 Å². The summed E-state index contributed by atoms with van der Waals surface area (Å²) in [7, 11) is 0. The highest BCUT2D eigenvalue weighted by atomic mass is 16.5. The van der Waals surface area contributed by atoms with Crippen LogP contribution in [0.4, 0.5) is 0 Å². The van der Waals surface area contributed by atoms with Crippen LogP contribution in [0, 0.1) is 0 Å². The van der Waals surface area contributed by atoms with Gasteiger partial charge in [0.15, 0.2) is 0 Å². The SMILES string of the molecule is CCCOCCCCCCN1C[C@@H](O)[C@@H](O)[C@H](O)[C@@H]1CO. The second-order valence-corrected chi connectivity index (χ2v) is 5.82. The van der Waals surface area contributed by atoms with Gasteiger partial charge < -0.3 is 25.2 Å². The number of aliphatic hydroxyl groups is 4. The van der Waals surface area contributed by atoms with Gasteiger partial charge in [-0.1, -0.05) is 19.8 Å². The molecule has 4 atom stereocenters. The van der Waals surface area contributed by atoms with E-state index in [2.05, 4.69) is 6.92 Å². The lowest BCUT2D eigenvalue weighted by Gasteiger charge is -2.43. The number of hydrogen-bond donors (Lipinski definition) is 4. The summed E-state index contributed by atoms with van der Waals surface area (Å²) in [6, 6.07) is -0.490. The fourth-order valence-electron chi connectivity index (χ4n) is 2.75. The van der Waals surface area contributed by atoms with Gasteiger partial charge in [0.25, 0.3) is 0 Å². The molecule has 0 unspecified atom stereocenters. The van der Waals surface area contributed by atoms with Crippen LogP contribution in [-0.2, 0) is 4.74 Å². The van der Waals surface area contributed by atoms with Gasteiger partial charge in [-0.2, -0.15) is 0 Å². The van der Waals surface area contributed by atoms with Crippen molar-refractivity contribution in [2.45, 2.75) is 63.4 Å². The van der Waals surface area contributed by atoms with E-state index < -0.39 is 24.4 Å². The van der Waals surface area contributed by atoms with E-state index in [4.69, 9.17) is 4.74 Å². The zero-order valence-electron chi connectivity index (χ0n) is 13.0. The summed E-state index contributed by atoms with van der Waals surface area (Å²) in [5.74, 6) is 0. The van der Waals surface area contributed by atoms with E-state index in [9.17, 15) is 20.4 Å². The molecule has 0 saturated carbocycles. The van der Waals surface area contributed by atoms with Crippen LogP contribution in [0.15, 0.2) is 0 Å². The molecule has 0 bridgehead atoms. The molecule has 6 nitrogen and oxygen atoms in total. The number of rotatable bonds is 10. The van der Waals surface area contributed by atoms with Crippen LogP contribution in [0.5, 0.6) is 0 Å². The van der Waals surface area contributed by atoms with Crippen molar-refractivity contribution in [3.05, 3.63) is 0 Å². The van der Waals surface area contributed by atoms with E-state index in [0.717, 1.165) is 45.3 Å². The van der Waals surface area contributed by atoms with Crippen molar-refractivity contribution in [2.75, 3.05) is 32.9 Å². The fourth-order valence-corrected chi connectivity index (χ4v) is 2.75. The summed E-state index contributed by atoms with van der Waals surface area (Å²) in [6.07, 6.45) is 1.97. The molecule has 0 aromatic rings. The average Bonchev–Trinajstić information content (AvgIpc) is 2.48. The minimum absolute atomic E-state index is 0.212. The van der Waals surface area contributed by atoms with Crippen LogP contribution in [0.25, 0.3) is 0 Å². The van der Waals surface area contributed by atoms with Gasteiger partial charge in [-0.05, 0) is 25.8 Å². The molecule has 4 N–H and O–H groups in total. The Balaban J connectivity index is 2.18. The van der Waals surface area contributed by atoms with Crippen LogP contribution >= 0.6 is 0 Å². The van der Waals surface area contributed by atoms with Crippen molar-refractivity contribution < 1.29 is 25.2 Å². The Morgan fingerprint density at radius 3 is 2.38 bits per heavy atom. The van der Waals surface area contributed by atoms with Crippen molar-refractivity contribution in [1.29, 1.82) is 0 Å². The summed E-state index contributed by atoms with van der Waals surface area (Å²) in [6.45, 7) is 4.52. The summed E-state index contributed by atoms with van der Waals surface area (Å²) >= 11 is 0. The topological polar surface area (TPSA) is 93.4 Å². The second-order valence-electron chi connectivity index (χ2n) is 5.82. The number of hydrogen-bond acceptors (Lipinski definition) is 6. The molecule has 0 aromatic heterocycles. The zero-order chi connectivity index (χ0) is 15.7. The number of ether oxygens (including phenoxy) is 1. The van der Waals surface area contributed by atoms with E-state index in [-0.39, 0.29) is 6.61 Å². The second kappa shape index (κ2) is 10.5. The van der Waals surface area contributed by atoms with E-state index >= 15 is 0 Å². The lowest BCUT2D eigenvalue weighted by atomic mass is 9.94. The molecule has 126 valence electrons. The fraction of sp³-hybridized carbons (Fsp3) is 1.00. The molecule has 1 fully saturated rings. The van der Waals surface area contributed by atoms with Crippen LogP contribution in [0.3, 0.4) is 0 Å². The third kappa shape index (κ3) is 6.18. The Bertz CT molecular complexity index is 266. The van der Waals surface area contributed by atoms with Crippen molar-refractivity contribution in [2.24, 2.45) is 0 Å². The summed E-state index contributed by atoms with van der Waals surface area (Å²) < 4.78 is 5.42. The van der Waals surface area contributed by atoms with E-state index in [1.54, 1.807) is 0 Å². The highest BCUT2D eigenvalue weighted by Gasteiger charge is 2.40. The van der Waals surface area contributed by atoms with Gasteiger partial charge in [0, 0.05) is 19.8 Å². The van der Waals surface area contributed by atoms with Gasteiger partial charge in [0.1, 0.15) is 12.2 Å². The van der Waals surface area contributed by atoms with E-state index in [0.29, 0.717) is 13.1 Å². The van der Waals surface area contributed by atoms with Crippen molar-refractivity contribution in [3.63, 3.8) is 0 Å². The lowest BCUT2D eigenvalue weighted by Crippen LogP contribution is -2.62. The highest BCUT2D eigenvalue weighted by molar-refractivity contribution is 4.93. The molecular formula is C15H31NO5. The van der Waals surface area contributed by atoms with Gasteiger partial charge in [-0.15, -0.1) is 0 Å². The van der Waals surface area contributed by atoms with Gasteiger partial charge in [0.05, 0.1) is 18.8 Å². The lowest BCUT2D eigenvalue weighted by molar-refractivity contribution is -0.145. The average molecular weight is 305 g/mol. The van der Waals surface area contributed by atoms with E-state index in [1.165, 1.54) is 0 Å². The Morgan fingerprint density at radius 1 is 1.00 bits per heavy atom. The van der Waals surface area contributed by atoms with Crippen LogP contribution in [0.2, 0.25) is 0 Å². The maximum Gasteiger partial charge on any atom is 0.109 e. The summed E-state index contributed by atoms with van der Waals surface area (Å²) in [5, 5.41) is 38.6. The monoisotopic (exact) mass is 305 g/mol. The quantitative estimate of drug-likeness (QED) is 0.415. The molecule has 1 aliphatic heterocycles. The number of aliphatic hydroxyl groups excluding tert-OH is 4. The molecule has 1 saturated heterocycles. The molecule has 0 aromatic carbocycles. The smallest absolute Gasteiger partial charge is 0.109 e. The van der Waals surface area contributed by atoms with Crippen molar-refractivity contribution in [1.82, 2.24) is 4.90 Å². The maximum absolute atomic E-state index is 9.87. The summed E-state index contributed by atoms with van der Waals surface area (Å²) in [5.41, 5.74) is 0. The molecule has 1 aliphatic rings. The van der Waals surface area contributed by atoms with Gasteiger partial charge in [0.2, 0.25) is 0 Å². The van der Waals surface area contributed by atoms with Crippen molar-refractivity contribution in [3.8, 4) is 0 Å². The number of nitrogens with zero attached hydrogens (tertiary/aromatic N) is 1. The van der Waals surface area contributed by atoms with Crippen LogP contribution < -0.4 is 0 Å². The molecule has 21 heavy (non-hydrogen) atoms. The Kier molecular flexibility index (Phi) is 9.39. The Hall–Kier alpha value is -0.240. The van der Waals surface area contributed by atoms with Gasteiger partial charge in [-0.25, -0.2) is 0 Å². The first-order chi connectivity index (χ1) is 10.1. The van der Waals surface area contributed by atoms with E-state index in [1.807, 2.05) is 4.90 Å². The molecule has 0 spiro atoms. The standard InChI is InChI=1S/C15H31NO5/c1-2-8-21-9-6-4-3-5-7-16-10-13(18)15(20)14(19)12(16)11-17/h12-15,17-20H,2-11H2,1H3/t12-,13+,14+,15+/m0/s1. The third-order valence-corrected chi connectivity index (χ3v) is 4.05. The molecule has 0 amide bonds. The Labute approximate surface area is 127 Å². The number of unbranched alkanes of at least 4 members (excludes halogenated alkanes) is 3. The highest BCUT2D eigenvalue weighted by Crippen LogP contribution is 2.19. The first-order valence-electron chi connectivity index (χ1n) is 8.08. The molecule has 1 heterocycles. The molecule has 0 radical (unpaired) electrons. The van der Waals surface area contributed by atoms with Crippen LogP contribution in [-0.4, -0.2) is 82.6 Å². The molecule has 6 heteroatoms. The normalized spacial score (nSPS) is 30.7. The first-order valence-corrected chi connectivity index (χ1v) is 8.08. The molecule has 0 aliphatic carbocycles. The minimum Gasteiger partial charge on any atom is -0.395 e. The minimum atomic E-state index is -1.17. The zero-order valence-corrected chi connectivity index (χ0v) is 13.0. The van der Waals surface area contributed by atoms with Gasteiger partial charge >= 0.3 is 0 Å². The van der Waals surface area contributed by atoms with Gasteiger partial charge in [-0.3, -0.25) is 4.90 Å². The van der Waals surface area contributed by atoms with Crippen molar-refractivity contribution >= 4 is 0 Å². The predicted octanol–water partition coefficient (Wildman–Crippen LogP) is -0.267. The summed E-state index contributed by atoms with van der Waals surface area (Å²) in [4.78, 5) is 1.87. The number of β-amino-alcohol motifs (C(OH)–C–C–N with tert-alkyl or cyclic N) is 1. The maximum atomic E-state index is 9.87. The third-order valence-electron chi connectivity index (χ3n) is 4.05. The predicted molar refractivity (Wildman–Crippen MR) is 80.0 cm³/mol. The first kappa shape index (κ1) is 18.8. The largest absolute Gasteiger partial charge is 0.395 e. The molecular weight excluding hydrogens is 274 g/mol. The number of piperidine rings is 1. The molecule has 1 rings (SSSR count). The number of likely N-dealkylation sites (tertiary alicyclic amines) is 1.